The molecular formula is C57H69FN12O9S. The summed E-state index contributed by atoms with van der Waals surface area (Å²) >= 11 is 1.27. The second-order valence-corrected chi connectivity index (χ2v) is 22.9. The van der Waals surface area contributed by atoms with E-state index in [0.29, 0.717) is 58.0 Å². The van der Waals surface area contributed by atoms with E-state index in [1.54, 1.807) is 37.6 Å². The van der Waals surface area contributed by atoms with Crippen LogP contribution in [0.5, 0.6) is 23.4 Å². The van der Waals surface area contributed by atoms with E-state index in [2.05, 4.69) is 62.5 Å². The van der Waals surface area contributed by atoms with E-state index >= 15 is 4.39 Å². The average molecular weight is 1120 g/mol. The molecule has 5 aliphatic rings. The normalized spacial score (nSPS) is 23.0. The number of phenolic OH excluding ortho intramolecular Hbond substituents is 1. The molecule has 21 nitrogen and oxygen atoms in total. The maximum atomic E-state index is 15.5. The van der Waals surface area contributed by atoms with Crippen molar-refractivity contribution in [3.05, 3.63) is 89.1 Å². The molecule has 9 heterocycles. The Kier molecular flexibility index (Phi) is 16.1. The summed E-state index contributed by atoms with van der Waals surface area (Å²) in [6, 6.07) is 14.9. The first-order chi connectivity index (χ1) is 38.7. The van der Waals surface area contributed by atoms with Gasteiger partial charge in [-0.05, 0) is 80.9 Å². The lowest BCUT2D eigenvalue weighted by atomic mass is 9.91. The number of piperazine rings is 1. The summed E-state index contributed by atoms with van der Waals surface area (Å²) in [5, 5.41) is 36.8. The van der Waals surface area contributed by atoms with Crippen LogP contribution in [0.3, 0.4) is 0 Å². The van der Waals surface area contributed by atoms with Gasteiger partial charge in [0.05, 0.1) is 58.9 Å². The van der Waals surface area contributed by atoms with Crippen LogP contribution in [0.25, 0.3) is 21.8 Å². The Morgan fingerprint density at radius 3 is 2.44 bits per heavy atom. The number of pyridine rings is 2. The zero-order valence-corrected chi connectivity index (χ0v) is 46.4. The summed E-state index contributed by atoms with van der Waals surface area (Å²) in [5.74, 6) is -0.678. The first-order valence-electron chi connectivity index (χ1n) is 27.7. The summed E-state index contributed by atoms with van der Waals surface area (Å²) in [7, 11) is 1.42. The topological polar surface area (TPSA) is 253 Å². The van der Waals surface area contributed by atoms with Crippen molar-refractivity contribution in [1.82, 2.24) is 45.4 Å². The number of carbonyl (C=O) groups excluding carboxylic acids is 2. The third kappa shape index (κ3) is 11.5. The van der Waals surface area contributed by atoms with E-state index in [9.17, 15) is 19.8 Å². The van der Waals surface area contributed by atoms with Crippen molar-refractivity contribution >= 4 is 40.3 Å². The van der Waals surface area contributed by atoms with Crippen molar-refractivity contribution in [2.45, 2.75) is 127 Å². The minimum absolute atomic E-state index is 0.0270. The monoisotopic (exact) mass is 1120 g/mol. The number of ether oxygens (including phenoxy) is 4. The quantitative estimate of drug-likeness (QED) is 0.0659. The molecule has 1 unspecified atom stereocenters. The Bertz CT molecular complexity index is 3160. The summed E-state index contributed by atoms with van der Waals surface area (Å²) in [5.41, 5.74) is 12.2. The van der Waals surface area contributed by atoms with Gasteiger partial charge in [0.25, 0.3) is 5.88 Å². The maximum absolute atomic E-state index is 15.5. The fourth-order valence-electron chi connectivity index (χ4n) is 12.1. The van der Waals surface area contributed by atoms with E-state index in [-0.39, 0.29) is 78.4 Å². The average Bonchev–Trinajstić information content (AvgIpc) is 4.30. The molecule has 6 aromatic rings. The Labute approximate surface area is 467 Å². The summed E-state index contributed by atoms with van der Waals surface area (Å²) in [4.78, 5) is 50.5. The van der Waals surface area contributed by atoms with E-state index in [1.165, 1.54) is 29.4 Å². The number of hydrogen-bond donors (Lipinski definition) is 4. The SMILES string of the molecule is COc1nc(-c2scnc2C)c(F)cc1[C@@H](C)NC(=O)[C@@H]1C[C@@H](O)CN1C(=O)[C@H](c1cc(OCCN2CCC(OC3CC(Oc4cc(N5C6CC[C@@H]5CN(c5cc(-c7ccccc7O)nnc5N)C6)ccn4)C3)CC2)no1)C(C)C. The van der Waals surface area contributed by atoms with Gasteiger partial charge in [0.1, 0.15) is 36.1 Å². The van der Waals surface area contributed by atoms with E-state index in [1.807, 2.05) is 38.2 Å². The van der Waals surface area contributed by atoms with Gasteiger partial charge in [-0.2, -0.15) is 0 Å². The maximum Gasteiger partial charge on any atom is 0.254 e. The second-order valence-electron chi connectivity index (χ2n) is 22.0. The van der Waals surface area contributed by atoms with Gasteiger partial charge in [0, 0.05) is 106 Å². The van der Waals surface area contributed by atoms with Gasteiger partial charge in [-0.15, -0.1) is 21.5 Å². The number of aromatic hydroxyl groups is 1. The van der Waals surface area contributed by atoms with Crippen LogP contribution >= 0.6 is 11.3 Å². The number of nitrogens with two attached hydrogens (primary N) is 1. The van der Waals surface area contributed by atoms with Gasteiger partial charge in [-0.1, -0.05) is 26.0 Å². The highest BCUT2D eigenvalue weighted by Gasteiger charge is 2.45. The number of carbonyl (C=O) groups is 2. The van der Waals surface area contributed by atoms with Crippen molar-refractivity contribution in [1.29, 1.82) is 0 Å². The number of β-amino-alcohol motifs (C(OH)–C–C–N with tert-alkyl or cyclic N) is 1. The Hall–Kier alpha value is -7.21. The number of aromatic nitrogens is 6. The third-order valence-electron chi connectivity index (χ3n) is 16.3. The van der Waals surface area contributed by atoms with Crippen LogP contribution < -0.4 is 35.1 Å². The molecule has 0 spiro atoms. The van der Waals surface area contributed by atoms with Crippen molar-refractivity contribution < 1.29 is 47.7 Å². The summed E-state index contributed by atoms with van der Waals surface area (Å²) in [6.45, 7) is 11.5. The van der Waals surface area contributed by atoms with Gasteiger partial charge in [0.2, 0.25) is 23.6 Å². The number of fused-ring (bicyclic) bond motifs is 2. The molecule has 5 fully saturated rings. The number of thiazole rings is 1. The summed E-state index contributed by atoms with van der Waals surface area (Å²) < 4.78 is 45.7. The number of rotatable bonds is 19. The minimum Gasteiger partial charge on any atom is -0.507 e. The number of methoxy groups -OCH3 is 1. The van der Waals surface area contributed by atoms with Crippen molar-refractivity contribution in [3.8, 4) is 45.2 Å². The van der Waals surface area contributed by atoms with E-state index in [0.717, 1.165) is 76.1 Å². The molecule has 1 aliphatic carbocycles. The van der Waals surface area contributed by atoms with Crippen LogP contribution in [-0.4, -0.2) is 158 Å². The van der Waals surface area contributed by atoms with Crippen molar-refractivity contribution in [3.63, 3.8) is 0 Å². The number of benzene rings is 1. The van der Waals surface area contributed by atoms with Gasteiger partial charge in [0.15, 0.2) is 17.4 Å². The Morgan fingerprint density at radius 1 is 0.938 bits per heavy atom. The number of likely N-dealkylation sites (tertiary alicyclic amines) is 2. The minimum atomic E-state index is -0.993. The number of nitrogen functional groups attached to an aromatic ring is 1. The predicted molar refractivity (Wildman–Crippen MR) is 296 cm³/mol. The first-order valence-corrected chi connectivity index (χ1v) is 28.5. The molecule has 5 N–H and O–H groups in total. The molecule has 6 atom stereocenters. The van der Waals surface area contributed by atoms with Crippen LogP contribution in [0, 0.1) is 18.7 Å². The fourth-order valence-corrected chi connectivity index (χ4v) is 12.9. The number of aliphatic hydroxyl groups excluding tert-OH is 1. The molecular weight excluding hydrogens is 1050 g/mol. The predicted octanol–water partition coefficient (Wildman–Crippen LogP) is 6.70. The number of halogens is 1. The molecule has 4 aliphatic heterocycles. The molecule has 1 aromatic carbocycles. The standard InChI is InChI=1S/C57H69FN12O9S/c1-31(2)51(57(74)69-29-37(71)21-46(69)55(73)62-32(3)42-24-43(58)52(63-56(42)75-5)53-33(4)61-30-80-53)48-26-50(66-79-48)76-19-18-67-16-13-38(14-17-67)77-39-22-40(23-39)78-49-20-34(12-15-60-49)70-35-10-11-36(70)28-68(27-35)45-25-44(64-65-54(45)59)41-8-6-7-9-47(41)72/h6-9,12,15,20,24-26,30-32,35-40,46,51,71-72H,10-11,13-14,16-19,21-23,27-29H2,1-5H3,(H2,59,65)(H,62,73)/t32-,35-,36?,37-,39?,40?,46+,51+/m1/s1. The number of anilines is 3. The largest absolute Gasteiger partial charge is 0.507 e. The van der Waals surface area contributed by atoms with Crippen LogP contribution in [0.2, 0.25) is 0 Å². The van der Waals surface area contributed by atoms with Gasteiger partial charge < -0.3 is 59.4 Å². The highest BCUT2D eigenvalue weighted by Crippen LogP contribution is 2.41. The van der Waals surface area contributed by atoms with Gasteiger partial charge >= 0.3 is 0 Å². The van der Waals surface area contributed by atoms with Crippen LogP contribution in [0.4, 0.5) is 21.6 Å². The molecule has 11 rings (SSSR count). The number of aryl methyl sites for hydroxylation is 1. The van der Waals surface area contributed by atoms with Crippen molar-refractivity contribution in [2.24, 2.45) is 5.92 Å². The Morgan fingerprint density at radius 2 is 1.71 bits per heavy atom. The molecule has 1 saturated carbocycles. The molecule has 424 valence electrons. The number of piperidine rings is 1. The molecule has 5 aromatic heterocycles. The fraction of sp³-hybridized carbons (Fsp3) is 0.509. The molecule has 2 amide bonds. The second kappa shape index (κ2) is 23.5. The molecule has 80 heavy (non-hydrogen) atoms. The first kappa shape index (κ1) is 54.7. The van der Waals surface area contributed by atoms with E-state index < -0.39 is 35.8 Å². The highest BCUT2D eigenvalue weighted by atomic mass is 32.1. The zero-order valence-electron chi connectivity index (χ0n) is 45.6. The molecule has 2 bridgehead atoms. The van der Waals surface area contributed by atoms with E-state index in [4.69, 9.17) is 29.2 Å². The number of aliphatic hydroxyl groups is 1. The zero-order chi connectivity index (χ0) is 55.8. The lowest BCUT2D eigenvalue weighted by Crippen LogP contribution is -2.54. The van der Waals surface area contributed by atoms with Crippen LogP contribution in [0.1, 0.15) is 94.7 Å². The highest BCUT2D eigenvalue weighted by molar-refractivity contribution is 7.13. The Balaban J connectivity index is 0.609. The number of nitrogens with zero attached hydrogens (tertiary/aromatic N) is 10. The number of amides is 2. The third-order valence-corrected chi connectivity index (χ3v) is 17.2. The number of nitrogens with one attached hydrogen (secondary N) is 1. The number of hydrogen-bond acceptors (Lipinski definition) is 20. The molecule has 23 heteroatoms. The van der Waals surface area contributed by atoms with Crippen LogP contribution in [0.15, 0.2) is 70.8 Å². The summed E-state index contributed by atoms with van der Waals surface area (Å²) in [6.07, 6.45) is 6.84. The smallest absolute Gasteiger partial charge is 0.254 e. The number of phenols is 1. The molecule has 0 radical (unpaired) electrons. The lowest BCUT2D eigenvalue weighted by molar-refractivity contribution is -0.141. The van der Waals surface area contributed by atoms with Gasteiger partial charge in [-0.3, -0.25) is 14.5 Å². The van der Waals surface area contributed by atoms with Crippen molar-refractivity contribution in [2.75, 3.05) is 68.5 Å². The molecule has 4 saturated heterocycles. The van der Waals surface area contributed by atoms with Gasteiger partial charge in [-0.25, -0.2) is 19.3 Å². The number of para-hydroxylation sites is 1. The lowest BCUT2D eigenvalue weighted by Gasteiger charge is -2.43. The van der Waals surface area contributed by atoms with Crippen LogP contribution in [-0.2, 0) is 14.3 Å².